The monoisotopic (exact) mass is 283 g/mol. The summed E-state index contributed by atoms with van der Waals surface area (Å²) in [6.07, 6.45) is 0. The van der Waals surface area contributed by atoms with Crippen LogP contribution in [0.5, 0.6) is 0 Å². The van der Waals surface area contributed by atoms with E-state index >= 15 is 0 Å². The Labute approximate surface area is 122 Å². The Morgan fingerprint density at radius 3 is 2.43 bits per heavy atom. The zero-order chi connectivity index (χ0) is 14.8. The van der Waals surface area contributed by atoms with Crippen molar-refractivity contribution in [2.24, 2.45) is 0 Å². The Kier molecular flexibility index (Phi) is 3.57. The third kappa shape index (κ3) is 2.59. The van der Waals surface area contributed by atoms with Crippen LogP contribution >= 0.6 is 0 Å². The van der Waals surface area contributed by atoms with E-state index in [4.69, 9.17) is 0 Å². The van der Waals surface area contributed by atoms with E-state index in [0.717, 1.165) is 22.5 Å². The van der Waals surface area contributed by atoms with Crippen molar-refractivity contribution in [3.63, 3.8) is 0 Å². The Morgan fingerprint density at radius 2 is 1.57 bits per heavy atom. The molecule has 0 bridgehead atoms. The topological polar surface area (TPSA) is 12.0 Å². The lowest BCUT2D eigenvalue weighted by molar-refractivity contribution is 0.495. The van der Waals surface area contributed by atoms with Crippen molar-refractivity contribution < 1.29 is 8.78 Å². The van der Waals surface area contributed by atoms with Crippen molar-refractivity contribution in [2.75, 3.05) is 5.32 Å². The third-order valence-corrected chi connectivity index (χ3v) is 3.61. The van der Waals surface area contributed by atoms with Crippen molar-refractivity contribution in [3.05, 3.63) is 77.9 Å². The van der Waals surface area contributed by atoms with Crippen molar-refractivity contribution in [3.8, 4) is 0 Å². The lowest BCUT2D eigenvalue weighted by Gasteiger charge is -2.18. The molecule has 106 valence electrons. The van der Waals surface area contributed by atoms with E-state index in [2.05, 4.69) is 5.32 Å². The standard InChI is InChI=1S/C18H15F2N/c1-12(14-9-5-10-16(19)18(14)20)21-17-11-4-7-13-6-2-3-8-15(13)17/h2-12,21H,1H3. The highest BCUT2D eigenvalue weighted by Gasteiger charge is 2.14. The SMILES string of the molecule is CC(Nc1cccc2ccccc12)c1cccc(F)c1F. The van der Waals surface area contributed by atoms with Gasteiger partial charge in [-0.1, -0.05) is 48.5 Å². The fourth-order valence-corrected chi connectivity index (χ4v) is 2.52. The summed E-state index contributed by atoms with van der Waals surface area (Å²) in [6.45, 7) is 1.82. The number of anilines is 1. The van der Waals surface area contributed by atoms with Gasteiger partial charge in [0.25, 0.3) is 0 Å². The average Bonchev–Trinajstić information content (AvgIpc) is 2.50. The molecule has 0 saturated carbocycles. The molecule has 1 unspecified atom stereocenters. The summed E-state index contributed by atoms with van der Waals surface area (Å²) >= 11 is 0. The first-order chi connectivity index (χ1) is 10.2. The van der Waals surface area contributed by atoms with Gasteiger partial charge in [-0.25, -0.2) is 8.78 Å². The van der Waals surface area contributed by atoms with Crippen molar-refractivity contribution >= 4 is 16.5 Å². The highest BCUT2D eigenvalue weighted by atomic mass is 19.2. The summed E-state index contributed by atoms with van der Waals surface area (Å²) in [5, 5.41) is 5.43. The first-order valence-corrected chi connectivity index (χ1v) is 6.85. The van der Waals surface area contributed by atoms with Gasteiger partial charge < -0.3 is 5.32 Å². The van der Waals surface area contributed by atoms with Crippen LogP contribution in [-0.2, 0) is 0 Å². The minimum absolute atomic E-state index is 0.322. The molecule has 3 rings (SSSR count). The average molecular weight is 283 g/mol. The molecule has 3 heteroatoms. The van der Waals surface area contributed by atoms with E-state index < -0.39 is 11.6 Å². The van der Waals surface area contributed by atoms with Crippen molar-refractivity contribution in [1.29, 1.82) is 0 Å². The van der Waals surface area contributed by atoms with Crippen LogP contribution in [0.1, 0.15) is 18.5 Å². The number of benzene rings is 3. The Hall–Kier alpha value is -2.42. The first kappa shape index (κ1) is 13.6. The maximum atomic E-state index is 13.9. The quantitative estimate of drug-likeness (QED) is 0.688. The molecule has 0 spiro atoms. The van der Waals surface area contributed by atoms with Gasteiger partial charge in [-0.2, -0.15) is 0 Å². The van der Waals surface area contributed by atoms with Gasteiger partial charge in [-0.3, -0.25) is 0 Å². The zero-order valence-corrected chi connectivity index (χ0v) is 11.6. The highest BCUT2D eigenvalue weighted by molar-refractivity contribution is 5.93. The molecule has 21 heavy (non-hydrogen) atoms. The van der Waals surface area contributed by atoms with Gasteiger partial charge in [0.2, 0.25) is 0 Å². The molecule has 0 amide bonds. The number of hydrogen-bond donors (Lipinski definition) is 1. The van der Waals surface area contributed by atoms with Gasteiger partial charge in [0.05, 0.1) is 6.04 Å². The van der Waals surface area contributed by atoms with Crippen LogP contribution < -0.4 is 5.32 Å². The summed E-state index contributed by atoms with van der Waals surface area (Å²) in [5.74, 6) is -1.61. The Bertz CT molecular complexity index is 778. The molecule has 0 aromatic heterocycles. The zero-order valence-electron chi connectivity index (χ0n) is 11.6. The molecule has 0 aliphatic carbocycles. The third-order valence-electron chi connectivity index (χ3n) is 3.61. The van der Waals surface area contributed by atoms with Gasteiger partial charge in [0.1, 0.15) is 0 Å². The summed E-state index contributed by atoms with van der Waals surface area (Å²) in [4.78, 5) is 0. The second kappa shape index (κ2) is 5.52. The largest absolute Gasteiger partial charge is 0.378 e. The van der Waals surface area contributed by atoms with E-state index in [9.17, 15) is 8.78 Å². The second-order valence-electron chi connectivity index (χ2n) is 5.04. The molecule has 0 saturated heterocycles. The number of fused-ring (bicyclic) bond motifs is 1. The highest BCUT2D eigenvalue weighted by Crippen LogP contribution is 2.28. The molecule has 0 aliphatic heterocycles. The van der Waals surface area contributed by atoms with Crippen LogP contribution in [0, 0.1) is 11.6 Å². The normalized spacial score (nSPS) is 12.3. The fourth-order valence-electron chi connectivity index (χ4n) is 2.52. The lowest BCUT2D eigenvalue weighted by atomic mass is 10.0. The minimum Gasteiger partial charge on any atom is -0.378 e. The maximum Gasteiger partial charge on any atom is 0.164 e. The number of rotatable bonds is 3. The molecule has 0 aliphatic rings. The molecule has 1 atom stereocenters. The Morgan fingerprint density at radius 1 is 0.857 bits per heavy atom. The molecule has 1 N–H and O–H groups in total. The summed E-state index contributed by atoms with van der Waals surface area (Å²) in [6, 6.07) is 17.8. The molecule has 3 aromatic rings. The molecule has 0 heterocycles. The molecule has 0 radical (unpaired) electrons. The predicted molar refractivity (Wildman–Crippen MR) is 82.3 cm³/mol. The molecule has 0 fully saturated rings. The van der Waals surface area contributed by atoms with Gasteiger partial charge in [-0.05, 0) is 24.4 Å². The minimum atomic E-state index is -0.820. The van der Waals surface area contributed by atoms with E-state index in [-0.39, 0.29) is 6.04 Å². The van der Waals surface area contributed by atoms with Crippen LogP contribution in [0.4, 0.5) is 14.5 Å². The second-order valence-corrected chi connectivity index (χ2v) is 5.04. The van der Waals surface area contributed by atoms with E-state index in [1.807, 2.05) is 49.4 Å². The van der Waals surface area contributed by atoms with Crippen LogP contribution in [0.2, 0.25) is 0 Å². The van der Waals surface area contributed by atoms with Crippen LogP contribution in [-0.4, -0.2) is 0 Å². The first-order valence-electron chi connectivity index (χ1n) is 6.85. The lowest BCUT2D eigenvalue weighted by Crippen LogP contribution is -2.09. The van der Waals surface area contributed by atoms with Crippen molar-refractivity contribution in [2.45, 2.75) is 13.0 Å². The van der Waals surface area contributed by atoms with Gasteiger partial charge in [0, 0.05) is 16.6 Å². The molecule has 3 aromatic carbocycles. The molecule has 1 nitrogen and oxygen atoms in total. The summed E-state index contributed by atoms with van der Waals surface area (Å²) < 4.78 is 27.2. The van der Waals surface area contributed by atoms with Crippen LogP contribution in [0.15, 0.2) is 60.7 Å². The summed E-state index contributed by atoms with van der Waals surface area (Å²) in [5.41, 5.74) is 1.23. The van der Waals surface area contributed by atoms with Crippen LogP contribution in [0.3, 0.4) is 0 Å². The molecular weight excluding hydrogens is 268 g/mol. The Balaban J connectivity index is 1.97. The smallest absolute Gasteiger partial charge is 0.164 e. The maximum absolute atomic E-state index is 13.9. The van der Waals surface area contributed by atoms with E-state index in [1.54, 1.807) is 6.07 Å². The van der Waals surface area contributed by atoms with E-state index in [0.29, 0.717) is 5.56 Å². The summed E-state index contributed by atoms with van der Waals surface area (Å²) in [7, 11) is 0. The number of hydrogen-bond acceptors (Lipinski definition) is 1. The fraction of sp³-hybridized carbons (Fsp3) is 0.111. The number of halogens is 2. The predicted octanol–water partition coefficient (Wildman–Crippen LogP) is 5.29. The van der Waals surface area contributed by atoms with E-state index in [1.165, 1.54) is 6.07 Å². The molecular formula is C18H15F2N. The van der Waals surface area contributed by atoms with Crippen LogP contribution in [0.25, 0.3) is 10.8 Å². The van der Waals surface area contributed by atoms with Gasteiger partial charge in [-0.15, -0.1) is 0 Å². The van der Waals surface area contributed by atoms with Crippen molar-refractivity contribution in [1.82, 2.24) is 0 Å². The van der Waals surface area contributed by atoms with Gasteiger partial charge in [0.15, 0.2) is 11.6 Å². The number of nitrogens with one attached hydrogen (secondary N) is 1. The van der Waals surface area contributed by atoms with Gasteiger partial charge >= 0.3 is 0 Å².